The number of nitrogens with zero attached hydrogens (tertiary/aromatic N) is 1. The summed E-state index contributed by atoms with van der Waals surface area (Å²) < 4.78 is 10.5. The van der Waals surface area contributed by atoms with Crippen LogP contribution in [-0.4, -0.2) is 37.5 Å². The van der Waals surface area contributed by atoms with Crippen LogP contribution in [0.2, 0.25) is 0 Å². The first-order valence-electron chi connectivity index (χ1n) is 9.64. The van der Waals surface area contributed by atoms with Crippen LogP contribution in [0.4, 0.5) is 11.4 Å². The number of carbonyl (C=O) groups is 3. The number of para-hydroxylation sites is 3. The Balaban J connectivity index is 1.50. The molecule has 2 aromatic carbocycles. The molecule has 1 fully saturated rings. The lowest BCUT2D eigenvalue weighted by molar-refractivity contribution is -0.149. The summed E-state index contributed by atoms with van der Waals surface area (Å²) in [5.74, 6) is -0.455. The van der Waals surface area contributed by atoms with Gasteiger partial charge in [0.2, 0.25) is 5.91 Å². The minimum atomic E-state index is -0.630. The molecule has 7 nitrogen and oxygen atoms in total. The van der Waals surface area contributed by atoms with Crippen molar-refractivity contribution in [2.24, 2.45) is 0 Å². The summed E-state index contributed by atoms with van der Waals surface area (Å²) in [5.41, 5.74) is 2.15. The molecule has 3 rings (SSSR count). The number of rotatable bonds is 8. The van der Waals surface area contributed by atoms with Gasteiger partial charge in [0.15, 0.2) is 13.2 Å². The molecule has 2 aromatic rings. The van der Waals surface area contributed by atoms with Gasteiger partial charge in [0.1, 0.15) is 5.75 Å². The maximum atomic E-state index is 12.2. The fourth-order valence-corrected chi connectivity index (χ4v) is 3.16. The van der Waals surface area contributed by atoms with Crippen LogP contribution < -0.4 is 15.0 Å². The molecule has 0 aromatic heterocycles. The van der Waals surface area contributed by atoms with Gasteiger partial charge in [-0.25, -0.2) is 4.79 Å². The monoisotopic (exact) mass is 396 g/mol. The minimum absolute atomic E-state index is 0.0302. The zero-order valence-electron chi connectivity index (χ0n) is 16.3. The van der Waals surface area contributed by atoms with E-state index in [1.54, 1.807) is 29.2 Å². The Morgan fingerprint density at radius 3 is 2.59 bits per heavy atom. The van der Waals surface area contributed by atoms with Crippen LogP contribution in [0.5, 0.6) is 5.75 Å². The van der Waals surface area contributed by atoms with Crippen LogP contribution >= 0.6 is 0 Å². The first kappa shape index (κ1) is 20.4. The minimum Gasteiger partial charge on any atom is -0.482 e. The Bertz CT molecular complexity index is 896. The van der Waals surface area contributed by atoms with Gasteiger partial charge in [-0.3, -0.25) is 9.59 Å². The number of esters is 1. The molecule has 1 aliphatic heterocycles. The summed E-state index contributed by atoms with van der Waals surface area (Å²) in [6, 6.07) is 14.5. The van der Waals surface area contributed by atoms with Crippen LogP contribution in [-0.2, 0) is 25.5 Å². The lowest BCUT2D eigenvalue weighted by atomic mass is 10.1. The molecule has 1 heterocycles. The highest BCUT2D eigenvalue weighted by atomic mass is 16.6. The van der Waals surface area contributed by atoms with Crippen LogP contribution in [0, 0.1) is 0 Å². The number of benzene rings is 2. The second kappa shape index (κ2) is 9.73. The molecule has 0 aliphatic carbocycles. The highest BCUT2D eigenvalue weighted by Crippen LogP contribution is 2.29. The molecular weight excluding hydrogens is 372 g/mol. The fourth-order valence-electron chi connectivity index (χ4n) is 3.16. The molecule has 0 spiro atoms. The summed E-state index contributed by atoms with van der Waals surface area (Å²) in [5, 5.41) is 2.70. The van der Waals surface area contributed by atoms with Gasteiger partial charge in [-0.2, -0.15) is 0 Å². The normalized spacial score (nSPS) is 13.3. The zero-order valence-corrected chi connectivity index (χ0v) is 16.3. The molecule has 0 bridgehead atoms. The Labute approximate surface area is 169 Å². The van der Waals surface area contributed by atoms with E-state index in [1.165, 1.54) is 0 Å². The van der Waals surface area contributed by atoms with Crippen molar-refractivity contribution in [1.82, 2.24) is 0 Å². The SMILES string of the molecule is CCc1ccccc1OCC(=O)OCC(=O)Nc1ccccc1N1CCCC1=O. The first-order valence-corrected chi connectivity index (χ1v) is 9.64. The molecule has 7 heteroatoms. The maximum absolute atomic E-state index is 12.2. The van der Waals surface area contributed by atoms with Crippen LogP contribution in [0.3, 0.4) is 0 Å². The van der Waals surface area contributed by atoms with Gasteiger partial charge >= 0.3 is 5.97 Å². The van der Waals surface area contributed by atoms with Crippen LogP contribution in [0.25, 0.3) is 0 Å². The lowest BCUT2D eigenvalue weighted by Gasteiger charge is -2.19. The number of nitrogens with one attached hydrogen (secondary N) is 1. The molecule has 0 saturated carbocycles. The van der Waals surface area contributed by atoms with Crippen molar-refractivity contribution in [1.29, 1.82) is 0 Å². The highest BCUT2D eigenvalue weighted by molar-refractivity contribution is 6.02. The molecule has 1 N–H and O–H groups in total. The number of aryl methyl sites for hydroxylation is 1. The lowest BCUT2D eigenvalue weighted by Crippen LogP contribution is -2.27. The standard InChI is InChI=1S/C22H24N2O5/c1-2-16-8-3-6-11-19(16)28-15-22(27)29-14-20(25)23-17-9-4-5-10-18(17)24-13-7-12-21(24)26/h3-6,8-11H,2,7,12-15H2,1H3,(H,23,25). The van der Waals surface area contributed by atoms with Gasteiger partial charge in [-0.15, -0.1) is 0 Å². The predicted molar refractivity (Wildman–Crippen MR) is 109 cm³/mol. The average molecular weight is 396 g/mol. The molecule has 29 heavy (non-hydrogen) atoms. The second-order valence-electron chi connectivity index (χ2n) is 6.62. The smallest absolute Gasteiger partial charge is 0.344 e. The second-order valence-corrected chi connectivity index (χ2v) is 6.62. The molecule has 0 atom stereocenters. The van der Waals surface area contributed by atoms with Crippen molar-refractivity contribution in [3.05, 3.63) is 54.1 Å². The third-order valence-electron chi connectivity index (χ3n) is 4.61. The molecular formula is C22H24N2O5. The Morgan fingerprint density at radius 2 is 1.83 bits per heavy atom. The van der Waals surface area contributed by atoms with E-state index in [-0.39, 0.29) is 12.5 Å². The van der Waals surface area contributed by atoms with E-state index in [0.29, 0.717) is 30.1 Å². The predicted octanol–water partition coefficient (Wildman–Crippen LogP) is 2.94. The van der Waals surface area contributed by atoms with Gasteiger partial charge < -0.3 is 19.7 Å². The fraction of sp³-hybridized carbons (Fsp3) is 0.318. The Hall–Kier alpha value is -3.35. The van der Waals surface area contributed by atoms with Gasteiger partial charge in [-0.1, -0.05) is 37.3 Å². The number of ether oxygens (including phenoxy) is 2. The number of hydrogen-bond acceptors (Lipinski definition) is 5. The number of carbonyl (C=O) groups excluding carboxylic acids is 3. The van der Waals surface area contributed by atoms with E-state index in [4.69, 9.17) is 9.47 Å². The molecule has 1 aliphatic rings. The molecule has 0 unspecified atom stereocenters. The van der Waals surface area contributed by atoms with Crippen molar-refractivity contribution in [2.45, 2.75) is 26.2 Å². The zero-order chi connectivity index (χ0) is 20.6. The summed E-state index contributed by atoms with van der Waals surface area (Å²) in [6.45, 7) is 1.92. The largest absolute Gasteiger partial charge is 0.482 e. The van der Waals surface area contributed by atoms with Crippen molar-refractivity contribution in [3.8, 4) is 5.75 Å². The van der Waals surface area contributed by atoms with Crippen molar-refractivity contribution >= 4 is 29.2 Å². The molecule has 0 radical (unpaired) electrons. The summed E-state index contributed by atoms with van der Waals surface area (Å²) in [7, 11) is 0. The Kier molecular flexibility index (Phi) is 6.84. The van der Waals surface area contributed by atoms with E-state index < -0.39 is 18.5 Å². The van der Waals surface area contributed by atoms with Gasteiger partial charge in [0, 0.05) is 13.0 Å². The third-order valence-corrected chi connectivity index (χ3v) is 4.61. The molecule has 2 amide bonds. The quantitative estimate of drug-likeness (QED) is 0.694. The average Bonchev–Trinajstić information content (AvgIpc) is 3.17. The summed E-state index contributed by atoms with van der Waals surface area (Å²) in [6.07, 6.45) is 2.08. The van der Waals surface area contributed by atoms with E-state index in [1.807, 2.05) is 31.2 Å². The van der Waals surface area contributed by atoms with E-state index in [2.05, 4.69) is 5.32 Å². The van der Waals surface area contributed by atoms with E-state index in [0.717, 1.165) is 18.4 Å². The van der Waals surface area contributed by atoms with Gasteiger partial charge in [0.05, 0.1) is 11.4 Å². The number of amides is 2. The number of anilines is 2. The number of hydrogen-bond donors (Lipinski definition) is 1. The maximum Gasteiger partial charge on any atom is 0.344 e. The van der Waals surface area contributed by atoms with E-state index >= 15 is 0 Å². The van der Waals surface area contributed by atoms with E-state index in [9.17, 15) is 14.4 Å². The molecule has 1 saturated heterocycles. The van der Waals surface area contributed by atoms with Crippen molar-refractivity contribution < 1.29 is 23.9 Å². The first-order chi connectivity index (χ1) is 14.1. The summed E-state index contributed by atoms with van der Waals surface area (Å²) >= 11 is 0. The van der Waals surface area contributed by atoms with Crippen LogP contribution in [0.15, 0.2) is 48.5 Å². The van der Waals surface area contributed by atoms with Crippen molar-refractivity contribution in [3.63, 3.8) is 0 Å². The van der Waals surface area contributed by atoms with Gasteiger partial charge in [-0.05, 0) is 36.6 Å². The Morgan fingerprint density at radius 1 is 1.07 bits per heavy atom. The highest BCUT2D eigenvalue weighted by Gasteiger charge is 2.24. The third kappa shape index (κ3) is 5.34. The topological polar surface area (TPSA) is 84.9 Å². The van der Waals surface area contributed by atoms with Crippen molar-refractivity contribution in [2.75, 3.05) is 30.0 Å². The van der Waals surface area contributed by atoms with Gasteiger partial charge in [0.25, 0.3) is 5.91 Å². The van der Waals surface area contributed by atoms with Crippen LogP contribution in [0.1, 0.15) is 25.3 Å². The molecule has 152 valence electrons. The summed E-state index contributed by atoms with van der Waals surface area (Å²) in [4.78, 5) is 37.8.